The Morgan fingerprint density at radius 1 is 1.00 bits per heavy atom. The van der Waals surface area contributed by atoms with Gasteiger partial charge in [-0.1, -0.05) is 30.3 Å². The average molecular weight is 422 g/mol. The summed E-state index contributed by atoms with van der Waals surface area (Å²) in [7, 11) is 1.78. The fraction of sp³-hybridized carbons (Fsp3) is 0.333. The van der Waals surface area contributed by atoms with Crippen LogP contribution in [-0.2, 0) is 11.8 Å². The highest BCUT2D eigenvalue weighted by atomic mass is 32.2. The molecule has 1 aromatic heterocycles. The molecule has 0 aliphatic carbocycles. The van der Waals surface area contributed by atoms with Gasteiger partial charge in [0.2, 0.25) is 5.91 Å². The Morgan fingerprint density at radius 2 is 1.73 bits per heavy atom. The highest BCUT2D eigenvalue weighted by Gasteiger charge is 2.22. The molecule has 1 aliphatic heterocycles. The van der Waals surface area contributed by atoms with E-state index in [0.717, 1.165) is 42.0 Å². The van der Waals surface area contributed by atoms with E-state index < -0.39 is 0 Å². The molecule has 2 heterocycles. The first-order chi connectivity index (χ1) is 14.4. The largest absolute Gasteiger partial charge is 0.368 e. The van der Waals surface area contributed by atoms with E-state index in [9.17, 15) is 9.59 Å². The van der Waals surface area contributed by atoms with Gasteiger partial charge >= 0.3 is 0 Å². The lowest BCUT2D eigenvalue weighted by Gasteiger charge is -2.37. The predicted molar refractivity (Wildman–Crippen MR) is 125 cm³/mol. The average Bonchev–Trinajstić information content (AvgIpc) is 2.77. The standard InChI is InChI=1S/C24H27N3O2S/c1-17-8-9-18(2)21(14-17)26-10-12-27(13-11-26)24(29)16-30-22-15-23(28)25(3)20-7-5-4-6-19(20)22/h4-9,14-15H,10-13,16H2,1-3H3. The zero-order chi connectivity index (χ0) is 21.3. The van der Waals surface area contributed by atoms with Crippen LogP contribution >= 0.6 is 11.8 Å². The summed E-state index contributed by atoms with van der Waals surface area (Å²) >= 11 is 1.46. The minimum Gasteiger partial charge on any atom is -0.368 e. The van der Waals surface area contributed by atoms with Crippen molar-refractivity contribution in [2.45, 2.75) is 18.7 Å². The number of para-hydroxylation sites is 1. The number of amides is 1. The van der Waals surface area contributed by atoms with E-state index in [2.05, 4.69) is 36.9 Å². The number of nitrogens with zero attached hydrogens (tertiary/aromatic N) is 3. The number of carbonyl (C=O) groups is 1. The number of aromatic nitrogens is 1. The normalized spacial score (nSPS) is 14.4. The minimum absolute atomic E-state index is 0.0502. The van der Waals surface area contributed by atoms with Crippen molar-refractivity contribution in [1.29, 1.82) is 0 Å². The van der Waals surface area contributed by atoms with Gasteiger partial charge in [0.05, 0.1) is 11.3 Å². The van der Waals surface area contributed by atoms with Gasteiger partial charge in [0.15, 0.2) is 0 Å². The molecule has 0 atom stereocenters. The van der Waals surface area contributed by atoms with Crippen LogP contribution in [-0.4, -0.2) is 47.3 Å². The molecule has 3 aromatic rings. The molecule has 4 rings (SSSR count). The number of thioether (sulfide) groups is 1. The lowest BCUT2D eigenvalue weighted by atomic mass is 10.1. The second-order valence-electron chi connectivity index (χ2n) is 7.87. The number of hydrogen-bond donors (Lipinski definition) is 0. The summed E-state index contributed by atoms with van der Waals surface area (Å²) in [6.07, 6.45) is 0. The van der Waals surface area contributed by atoms with Crippen molar-refractivity contribution in [3.05, 3.63) is 70.0 Å². The molecule has 1 saturated heterocycles. The zero-order valence-electron chi connectivity index (χ0n) is 17.7. The quantitative estimate of drug-likeness (QED) is 0.604. The SMILES string of the molecule is Cc1ccc(C)c(N2CCN(C(=O)CSc3cc(=O)n(C)c4ccccc34)CC2)c1. The van der Waals surface area contributed by atoms with Crippen molar-refractivity contribution in [1.82, 2.24) is 9.47 Å². The second-order valence-corrected chi connectivity index (χ2v) is 8.89. The van der Waals surface area contributed by atoms with Gasteiger partial charge in [-0.3, -0.25) is 9.59 Å². The Labute approximate surface area is 181 Å². The molecule has 1 fully saturated rings. The molecule has 1 aliphatic rings. The number of rotatable bonds is 4. The number of piperazine rings is 1. The van der Waals surface area contributed by atoms with Crippen LogP contribution in [0.15, 0.2) is 58.2 Å². The fourth-order valence-electron chi connectivity index (χ4n) is 3.99. The van der Waals surface area contributed by atoms with E-state index in [4.69, 9.17) is 0 Å². The molecule has 0 bridgehead atoms. The monoisotopic (exact) mass is 421 g/mol. The zero-order valence-corrected chi connectivity index (χ0v) is 18.5. The molecule has 0 radical (unpaired) electrons. The number of benzene rings is 2. The summed E-state index contributed by atoms with van der Waals surface area (Å²) in [5, 5.41) is 1.01. The molecule has 0 spiro atoms. The Hall–Kier alpha value is -2.73. The maximum Gasteiger partial charge on any atom is 0.251 e. The summed E-state index contributed by atoms with van der Waals surface area (Å²) in [6.45, 7) is 7.39. The first-order valence-corrected chi connectivity index (χ1v) is 11.2. The van der Waals surface area contributed by atoms with Crippen LogP contribution in [0.2, 0.25) is 0 Å². The third kappa shape index (κ3) is 4.10. The van der Waals surface area contributed by atoms with E-state index >= 15 is 0 Å². The summed E-state index contributed by atoms with van der Waals surface area (Å²) in [5.74, 6) is 0.478. The van der Waals surface area contributed by atoms with Crippen molar-refractivity contribution in [3.63, 3.8) is 0 Å². The molecule has 30 heavy (non-hydrogen) atoms. The van der Waals surface area contributed by atoms with Gasteiger partial charge in [0.1, 0.15) is 0 Å². The molecule has 156 valence electrons. The van der Waals surface area contributed by atoms with Crippen molar-refractivity contribution in [3.8, 4) is 0 Å². The van der Waals surface area contributed by atoms with Crippen LogP contribution in [0.3, 0.4) is 0 Å². The molecule has 0 N–H and O–H groups in total. The number of hydrogen-bond acceptors (Lipinski definition) is 4. The highest BCUT2D eigenvalue weighted by Crippen LogP contribution is 2.27. The summed E-state index contributed by atoms with van der Waals surface area (Å²) in [5.41, 5.74) is 4.64. The third-order valence-electron chi connectivity index (χ3n) is 5.80. The van der Waals surface area contributed by atoms with Crippen molar-refractivity contribution in [2.75, 3.05) is 36.8 Å². The molecule has 2 aromatic carbocycles. The maximum absolute atomic E-state index is 12.8. The summed E-state index contributed by atoms with van der Waals surface area (Å²) in [4.78, 5) is 30.3. The molecular formula is C24H27N3O2S. The number of pyridine rings is 1. The Morgan fingerprint density at radius 3 is 2.50 bits per heavy atom. The number of aryl methyl sites for hydroxylation is 3. The van der Waals surface area contributed by atoms with E-state index in [0.29, 0.717) is 5.75 Å². The van der Waals surface area contributed by atoms with Crippen molar-refractivity contribution in [2.24, 2.45) is 7.05 Å². The van der Waals surface area contributed by atoms with Crippen LogP contribution in [0, 0.1) is 13.8 Å². The van der Waals surface area contributed by atoms with E-state index in [1.165, 1.54) is 28.6 Å². The molecule has 5 nitrogen and oxygen atoms in total. The van der Waals surface area contributed by atoms with Crippen LogP contribution in [0.25, 0.3) is 10.9 Å². The van der Waals surface area contributed by atoms with Gasteiger partial charge in [0, 0.05) is 55.3 Å². The predicted octanol–water partition coefficient (Wildman–Crippen LogP) is 3.60. The van der Waals surface area contributed by atoms with Crippen LogP contribution in [0.4, 0.5) is 5.69 Å². The first-order valence-electron chi connectivity index (χ1n) is 10.3. The lowest BCUT2D eigenvalue weighted by molar-refractivity contribution is -0.128. The topological polar surface area (TPSA) is 45.6 Å². The van der Waals surface area contributed by atoms with Crippen LogP contribution in [0.5, 0.6) is 0 Å². The molecule has 0 saturated carbocycles. The second kappa shape index (κ2) is 8.56. The van der Waals surface area contributed by atoms with E-state index in [1.54, 1.807) is 17.7 Å². The van der Waals surface area contributed by atoms with E-state index in [1.807, 2.05) is 29.2 Å². The highest BCUT2D eigenvalue weighted by molar-refractivity contribution is 8.00. The van der Waals surface area contributed by atoms with Gasteiger partial charge in [-0.25, -0.2) is 0 Å². The van der Waals surface area contributed by atoms with Gasteiger partial charge in [-0.15, -0.1) is 11.8 Å². The van der Waals surface area contributed by atoms with Crippen LogP contribution in [0.1, 0.15) is 11.1 Å². The molecule has 0 unspecified atom stereocenters. The lowest BCUT2D eigenvalue weighted by Crippen LogP contribution is -2.49. The number of fused-ring (bicyclic) bond motifs is 1. The summed E-state index contributed by atoms with van der Waals surface area (Å²) < 4.78 is 1.65. The molecular weight excluding hydrogens is 394 g/mol. The van der Waals surface area contributed by atoms with Crippen molar-refractivity contribution >= 4 is 34.3 Å². The first kappa shape index (κ1) is 20.5. The summed E-state index contributed by atoms with van der Waals surface area (Å²) in [6, 6.07) is 16.0. The number of anilines is 1. The van der Waals surface area contributed by atoms with Crippen LogP contribution < -0.4 is 10.5 Å². The smallest absolute Gasteiger partial charge is 0.251 e. The Kier molecular flexibility index (Phi) is 5.86. The van der Waals surface area contributed by atoms with Crippen molar-refractivity contribution < 1.29 is 4.79 Å². The Bertz CT molecular complexity index is 1150. The van der Waals surface area contributed by atoms with Gasteiger partial charge in [0.25, 0.3) is 5.56 Å². The van der Waals surface area contributed by atoms with Gasteiger partial charge in [-0.05, 0) is 37.1 Å². The fourth-order valence-corrected chi connectivity index (χ4v) is 4.96. The van der Waals surface area contributed by atoms with Gasteiger partial charge in [-0.2, -0.15) is 0 Å². The number of carbonyl (C=O) groups excluding carboxylic acids is 1. The third-order valence-corrected chi connectivity index (χ3v) is 6.84. The molecule has 6 heteroatoms. The minimum atomic E-state index is -0.0502. The van der Waals surface area contributed by atoms with Gasteiger partial charge < -0.3 is 14.4 Å². The van der Waals surface area contributed by atoms with E-state index in [-0.39, 0.29) is 11.5 Å². The molecule has 1 amide bonds. The maximum atomic E-state index is 12.8. The Balaban J connectivity index is 1.40.